The molecule has 0 bridgehead atoms. The lowest BCUT2D eigenvalue weighted by Crippen LogP contribution is -2.14. The van der Waals surface area contributed by atoms with Gasteiger partial charge in [-0.2, -0.15) is 0 Å². The molecule has 0 radical (unpaired) electrons. The summed E-state index contributed by atoms with van der Waals surface area (Å²) in [5.41, 5.74) is 0.438. The van der Waals surface area contributed by atoms with Crippen LogP contribution in [-0.2, 0) is 18.7 Å². The molecule has 1 atom stereocenters. The van der Waals surface area contributed by atoms with Crippen LogP contribution in [0, 0.1) is 0 Å². The molecular formula is C11H22O4Si. The molecule has 94 valence electrons. The van der Waals surface area contributed by atoms with E-state index in [0.717, 1.165) is 23.3 Å². The van der Waals surface area contributed by atoms with Gasteiger partial charge in [-0.15, -0.1) is 0 Å². The molecule has 0 heterocycles. The molecule has 0 fully saturated rings. The molecule has 0 spiro atoms. The Balaban J connectivity index is 3.37. The maximum atomic E-state index is 11.0. The molecule has 0 aliphatic rings. The summed E-state index contributed by atoms with van der Waals surface area (Å²) < 4.78 is 15.5. The fourth-order valence-corrected chi connectivity index (χ4v) is 1.24. The van der Waals surface area contributed by atoms with Gasteiger partial charge in [0.25, 0.3) is 0 Å². The van der Waals surface area contributed by atoms with Crippen molar-refractivity contribution < 1.29 is 18.7 Å². The Hall–Kier alpha value is -0.653. The van der Waals surface area contributed by atoms with E-state index in [9.17, 15) is 4.79 Å². The lowest BCUT2D eigenvalue weighted by atomic mass is 10.2. The van der Waals surface area contributed by atoms with Gasteiger partial charge in [0.1, 0.15) is 10.5 Å². The number of carbonyl (C=O) groups is 1. The maximum Gasteiger partial charge on any atom is 0.333 e. The van der Waals surface area contributed by atoms with E-state index in [0.29, 0.717) is 25.4 Å². The van der Waals surface area contributed by atoms with Gasteiger partial charge < -0.3 is 13.9 Å². The van der Waals surface area contributed by atoms with E-state index in [4.69, 9.17) is 13.9 Å². The van der Waals surface area contributed by atoms with Gasteiger partial charge in [0, 0.05) is 5.57 Å². The molecule has 0 rings (SSSR count). The predicted octanol–water partition coefficient (Wildman–Crippen LogP) is 0.588. The maximum absolute atomic E-state index is 11.0. The summed E-state index contributed by atoms with van der Waals surface area (Å²) in [6, 6.07) is 0. The molecule has 0 aliphatic carbocycles. The summed E-state index contributed by atoms with van der Waals surface area (Å²) in [4.78, 5) is 11.0. The fraction of sp³-hybridized carbons (Fsp3) is 0.727. The lowest BCUT2D eigenvalue weighted by Gasteiger charge is -2.12. The first-order valence-corrected chi connectivity index (χ1v) is 6.32. The van der Waals surface area contributed by atoms with Crippen LogP contribution in [0.1, 0.15) is 26.7 Å². The van der Waals surface area contributed by atoms with Gasteiger partial charge in [-0.25, -0.2) is 4.79 Å². The SMILES string of the molecule is C=C(C)C(=O)OCCCC(C)OCCO[SiH3]. The highest BCUT2D eigenvalue weighted by molar-refractivity contribution is 5.97. The molecule has 0 aromatic rings. The van der Waals surface area contributed by atoms with Crippen LogP contribution in [0.15, 0.2) is 12.2 Å². The van der Waals surface area contributed by atoms with Crippen LogP contribution < -0.4 is 0 Å². The Bertz CT molecular complexity index is 218. The zero-order chi connectivity index (χ0) is 12.4. The topological polar surface area (TPSA) is 44.8 Å². The normalized spacial score (nSPS) is 12.4. The van der Waals surface area contributed by atoms with Crippen molar-refractivity contribution in [3.05, 3.63) is 12.2 Å². The van der Waals surface area contributed by atoms with Crippen molar-refractivity contribution in [2.24, 2.45) is 0 Å². The van der Waals surface area contributed by atoms with Crippen molar-refractivity contribution in [1.82, 2.24) is 0 Å². The summed E-state index contributed by atoms with van der Waals surface area (Å²) >= 11 is 0. The Labute approximate surface area is 100 Å². The van der Waals surface area contributed by atoms with E-state index >= 15 is 0 Å². The fourth-order valence-electron chi connectivity index (χ4n) is 1.07. The predicted molar refractivity (Wildman–Crippen MR) is 66.3 cm³/mol. The number of hydrogen-bond donors (Lipinski definition) is 0. The van der Waals surface area contributed by atoms with E-state index in [1.54, 1.807) is 6.92 Å². The molecular weight excluding hydrogens is 224 g/mol. The molecule has 0 saturated carbocycles. The molecule has 0 aromatic carbocycles. The molecule has 4 nitrogen and oxygen atoms in total. The summed E-state index contributed by atoms with van der Waals surface area (Å²) in [6.07, 6.45) is 1.87. The van der Waals surface area contributed by atoms with Gasteiger partial charge in [0.15, 0.2) is 0 Å². The lowest BCUT2D eigenvalue weighted by molar-refractivity contribution is -0.139. The van der Waals surface area contributed by atoms with Gasteiger partial charge in [-0.05, 0) is 26.7 Å². The van der Waals surface area contributed by atoms with Crippen molar-refractivity contribution in [1.29, 1.82) is 0 Å². The van der Waals surface area contributed by atoms with Gasteiger partial charge in [-0.1, -0.05) is 6.58 Å². The molecule has 0 aliphatic heterocycles. The first kappa shape index (κ1) is 15.3. The van der Waals surface area contributed by atoms with Crippen molar-refractivity contribution in [2.45, 2.75) is 32.8 Å². The van der Waals surface area contributed by atoms with Crippen LogP contribution >= 0.6 is 0 Å². The molecule has 1 unspecified atom stereocenters. The van der Waals surface area contributed by atoms with Gasteiger partial charge in [0.05, 0.1) is 25.9 Å². The van der Waals surface area contributed by atoms with E-state index < -0.39 is 0 Å². The average molecular weight is 246 g/mol. The van der Waals surface area contributed by atoms with E-state index in [1.807, 2.05) is 6.92 Å². The Morgan fingerprint density at radius 2 is 2.06 bits per heavy atom. The number of rotatable bonds is 9. The molecule has 0 saturated heterocycles. The Morgan fingerprint density at radius 1 is 1.38 bits per heavy atom. The first-order chi connectivity index (χ1) is 7.57. The largest absolute Gasteiger partial charge is 0.462 e. The summed E-state index contributed by atoms with van der Waals surface area (Å²) in [5.74, 6) is -0.321. The summed E-state index contributed by atoms with van der Waals surface area (Å²) in [6.45, 7) is 8.89. The van der Waals surface area contributed by atoms with Crippen molar-refractivity contribution in [3.8, 4) is 0 Å². The zero-order valence-corrected chi connectivity index (χ0v) is 12.5. The summed E-state index contributed by atoms with van der Waals surface area (Å²) in [5, 5.41) is 0. The average Bonchev–Trinajstić information content (AvgIpc) is 2.24. The van der Waals surface area contributed by atoms with E-state index in [-0.39, 0.29) is 12.1 Å². The van der Waals surface area contributed by atoms with Crippen LogP contribution in [0.25, 0.3) is 0 Å². The van der Waals surface area contributed by atoms with Crippen LogP contribution in [0.5, 0.6) is 0 Å². The van der Waals surface area contributed by atoms with Crippen LogP contribution in [-0.4, -0.2) is 42.4 Å². The van der Waals surface area contributed by atoms with Crippen LogP contribution in [0.4, 0.5) is 0 Å². The van der Waals surface area contributed by atoms with Crippen molar-refractivity contribution in [2.75, 3.05) is 19.8 Å². The van der Waals surface area contributed by atoms with Crippen molar-refractivity contribution >= 4 is 16.5 Å². The monoisotopic (exact) mass is 246 g/mol. The first-order valence-electron chi connectivity index (χ1n) is 5.51. The van der Waals surface area contributed by atoms with Crippen molar-refractivity contribution in [3.63, 3.8) is 0 Å². The highest BCUT2D eigenvalue weighted by Crippen LogP contribution is 2.02. The minimum absolute atomic E-state index is 0.181. The number of hydrogen-bond acceptors (Lipinski definition) is 4. The molecule has 5 heteroatoms. The molecule has 16 heavy (non-hydrogen) atoms. The van der Waals surface area contributed by atoms with Crippen LogP contribution in [0.3, 0.4) is 0 Å². The van der Waals surface area contributed by atoms with E-state index in [2.05, 4.69) is 6.58 Å². The Morgan fingerprint density at radius 3 is 2.62 bits per heavy atom. The highest BCUT2D eigenvalue weighted by atomic mass is 28.2. The molecule has 0 amide bonds. The summed E-state index contributed by atoms with van der Waals surface area (Å²) in [7, 11) is 0.753. The van der Waals surface area contributed by atoms with Gasteiger partial charge in [0.2, 0.25) is 0 Å². The third-order valence-electron chi connectivity index (χ3n) is 2.03. The van der Waals surface area contributed by atoms with Gasteiger partial charge >= 0.3 is 5.97 Å². The zero-order valence-electron chi connectivity index (χ0n) is 10.5. The second-order valence-electron chi connectivity index (χ2n) is 3.73. The number of ether oxygens (including phenoxy) is 2. The minimum atomic E-state index is -0.321. The smallest absolute Gasteiger partial charge is 0.333 e. The number of esters is 1. The minimum Gasteiger partial charge on any atom is -0.462 e. The standard InChI is InChI=1S/C11H22O4Si/c1-9(2)11(12)14-6-4-5-10(3)13-7-8-15-16/h10H,1,4-8H2,2-3,16H3. The van der Waals surface area contributed by atoms with E-state index in [1.165, 1.54) is 0 Å². The quantitative estimate of drug-likeness (QED) is 0.258. The third kappa shape index (κ3) is 8.64. The highest BCUT2D eigenvalue weighted by Gasteiger charge is 2.05. The third-order valence-corrected chi connectivity index (χ3v) is 2.43. The van der Waals surface area contributed by atoms with Crippen LogP contribution in [0.2, 0.25) is 0 Å². The Kier molecular flexibility index (Phi) is 9.17. The molecule has 0 aromatic heterocycles. The van der Waals surface area contributed by atoms with Gasteiger partial charge in [-0.3, -0.25) is 0 Å². The second-order valence-corrected chi connectivity index (χ2v) is 4.31. The molecule has 0 N–H and O–H groups in total. The number of carbonyl (C=O) groups excluding carboxylic acids is 1. The second kappa shape index (κ2) is 9.56.